The zero-order valence-corrected chi connectivity index (χ0v) is 13.4. The van der Waals surface area contributed by atoms with E-state index in [9.17, 15) is 8.42 Å². The zero-order valence-electron chi connectivity index (χ0n) is 11.7. The van der Waals surface area contributed by atoms with Crippen LogP contribution in [0.5, 0.6) is 0 Å². The first-order valence-electron chi connectivity index (χ1n) is 6.77. The quantitative estimate of drug-likeness (QED) is 0.830. The van der Waals surface area contributed by atoms with Gasteiger partial charge in [0.15, 0.2) is 0 Å². The Morgan fingerprint density at radius 2 is 2.15 bits per heavy atom. The molecule has 110 valence electrons. The van der Waals surface area contributed by atoms with Crippen molar-refractivity contribution < 1.29 is 8.42 Å². The van der Waals surface area contributed by atoms with E-state index in [-0.39, 0.29) is 4.21 Å². The highest BCUT2D eigenvalue weighted by Crippen LogP contribution is 2.28. The van der Waals surface area contributed by atoms with Gasteiger partial charge in [-0.2, -0.15) is 9.57 Å². The number of rotatable bonds is 5. The van der Waals surface area contributed by atoms with Gasteiger partial charge in [-0.15, -0.1) is 11.3 Å². The van der Waals surface area contributed by atoms with Crippen molar-refractivity contribution in [1.29, 1.82) is 5.26 Å². The smallest absolute Gasteiger partial charge is 0.252 e. The van der Waals surface area contributed by atoms with E-state index < -0.39 is 10.0 Å². The van der Waals surface area contributed by atoms with Gasteiger partial charge in [0.25, 0.3) is 10.0 Å². The lowest BCUT2D eigenvalue weighted by Crippen LogP contribution is -2.38. The largest absolute Gasteiger partial charge is 0.300 e. The highest BCUT2D eigenvalue weighted by Gasteiger charge is 2.35. The van der Waals surface area contributed by atoms with E-state index in [1.165, 1.54) is 6.07 Å². The summed E-state index contributed by atoms with van der Waals surface area (Å²) in [7, 11) is -3.44. The van der Waals surface area contributed by atoms with Crippen molar-refractivity contribution in [3.63, 3.8) is 0 Å². The van der Waals surface area contributed by atoms with Gasteiger partial charge in [-0.3, -0.25) is 4.90 Å². The highest BCUT2D eigenvalue weighted by atomic mass is 32.2. The van der Waals surface area contributed by atoms with Crippen molar-refractivity contribution in [1.82, 2.24) is 9.21 Å². The van der Waals surface area contributed by atoms with Gasteiger partial charge >= 0.3 is 0 Å². The Morgan fingerprint density at radius 3 is 2.70 bits per heavy atom. The van der Waals surface area contributed by atoms with E-state index >= 15 is 0 Å². The molecule has 0 N–H and O–H groups in total. The molecule has 1 unspecified atom stereocenters. The monoisotopic (exact) mass is 313 g/mol. The molecule has 7 heteroatoms. The summed E-state index contributed by atoms with van der Waals surface area (Å²) in [5.41, 5.74) is 0. The van der Waals surface area contributed by atoms with Gasteiger partial charge in [0.1, 0.15) is 15.2 Å². The number of hydrogen-bond acceptors (Lipinski definition) is 5. The Morgan fingerprint density at radius 1 is 1.45 bits per heavy atom. The van der Waals surface area contributed by atoms with E-state index in [4.69, 9.17) is 5.26 Å². The molecular formula is C13H19N3O2S2. The summed E-state index contributed by atoms with van der Waals surface area (Å²) >= 11 is 1.04. The molecule has 1 atom stereocenters. The normalized spacial score (nSPS) is 20.4. The maximum atomic E-state index is 12.5. The number of thiophene rings is 1. The van der Waals surface area contributed by atoms with E-state index in [1.54, 1.807) is 10.4 Å². The van der Waals surface area contributed by atoms with Crippen LogP contribution < -0.4 is 0 Å². The Labute approximate surface area is 124 Å². The highest BCUT2D eigenvalue weighted by molar-refractivity contribution is 7.91. The molecule has 0 aliphatic carbocycles. The van der Waals surface area contributed by atoms with Gasteiger partial charge in [-0.05, 0) is 31.6 Å². The molecule has 1 aromatic heterocycles. The third-order valence-electron chi connectivity index (χ3n) is 3.74. The topological polar surface area (TPSA) is 64.4 Å². The summed E-state index contributed by atoms with van der Waals surface area (Å²) in [6.45, 7) is 7.17. The van der Waals surface area contributed by atoms with Crippen LogP contribution in [-0.4, -0.2) is 49.8 Å². The maximum Gasteiger partial charge on any atom is 0.252 e. The number of nitriles is 1. The van der Waals surface area contributed by atoms with Crippen molar-refractivity contribution >= 4 is 21.4 Å². The first-order valence-corrected chi connectivity index (χ1v) is 9.02. The first kappa shape index (κ1) is 15.4. The van der Waals surface area contributed by atoms with Crippen molar-refractivity contribution in [3.8, 4) is 6.07 Å². The van der Waals surface area contributed by atoms with Gasteiger partial charge in [-0.1, -0.05) is 13.8 Å². The second kappa shape index (κ2) is 6.22. The molecule has 1 fully saturated rings. The maximum absolute atomic E-state index is 12.5. The van der Waals surface area contributed by atoms with Gasteiger partial charge in [0.05, 0.1) is 0 Å². The van der Waals surface area contributed by atoms with Crippen molar-refractivity contribution in [2.75, 3.05) is 26.2 Å². The summed E-state index contributed by atoms with van der Waals surface area (Å²) < 4.78 is 26.9. The summed E-state index contributed by atoms with van der Waals surface area (Å²) in [6.07, 6.45) is 0.872. The lowest BCUT2D eigenvalue weighted by molar-refractivity contribution is 0.225. The standard InChI is InChI=1S/C13H19N3O2S2/c1-3-15(4-2)11-7-8-16(10-11)20(17,18)13-6-5-12(9-14)19-13/h5-6,11H,3-4,7-8,10H2,1-2H3. The van der Waals surface area contributed by atoms with Gasteiger partial charge in [0.2, 0.25) is 0 Å². The fraction of sp³-hybridized carbons (Fsp3) is 0.615. The molecule has 2 rings (SSSR count). The molecule has 0 amide bonds. The van der Waals surface area contributed by atoms with Crippen molar-refractivity contribution in [2.45, 2.75) is 30.5 Å². The first-order chi connectivity index (χ1) is 9.52. The molecule has 0 saturated carbocycles. The fourth-order valence-corrected chi connectivity index (χ4v) is 5.36. The summed E-state index contributed by atoms with van der Waals surface area (Å²) in [4.78, 5) is 2.73. The van der Waals surface area contributed by atoms with Crippen LogP contribution in [0.2, 0.25) is 0 Å². The summed E-state index contributed by atoms with van der Waals surface area (Å²) in [6, 6.07) is 5.38. The molecule has 1 aliphatic rings. The predicted octanol–water partition coefficient (Wildman–Crippen LogP) is 1.72. The zero-order chi connectivity index (χ0) is 14.8. The van der Waals surface area contributed by atoms with Crippen LogP contribution in [0.25, 0.3) is 0 Å². The molecule has 0 spiro atoms. The van der Waals surface area contributed by atoms with Crippen LogP contribution >= 0.6 is 11.3 Å². The molecule has 0 aromatic carbocycles. The average molecular weight is 313 g/mol. The average Bonchev–Trinajstić information content (AvgIpc) is 3.09. The minimum atomic E-state index is -3.44. The predicted molar refractivity (Wildman–Crippen MR) is 79.1 cm³/mol. The van der Waals surface area contributed by atoms with Crippen LogP contribution in [0.4, 0.5) is 0 Å². The molecule has 0 bridgehead atoms. The van der Waals surface area contributed by atoms with E-state index in [0.717, 1.165) is 30.8 Å². The van der Waals surface area contributed by atoms with Crippen LogP contribution in [0, 0.1) is 11.3 Å². The second-order valence-electron chi connectivity index (χ2n) is 4.76. The number of nitrogens with zero attached hydrogens (tertiary/aromatic N) is 3. The van der Waals surface area contributed by atoms with Crippen LogP contribution in [0.1, 0.15) is 25.1 Å². The molecule has 1 aliphatic heterocycles. The third kappa shape index (κ3) is 2.88. The number of sulfonamides is 1. The Balaban J connectivity index is 2.14. The van der Waals surface area contributed by atoms with E-state index in [2.05, 4.69) is 18.7 Å². The van der Waals surface area contributed by atoms with E-state index in [1.807, 2.05) is 6.07 Å². The Hall–Kier alpha value is -0.940. The van der Waals surface area contributed by atoms with Crippen LogP contribution in [0.15, 0.2) is 16.3 Å². The molecule has 1 aromatic rings. The molecule has 0 radical (unpaired) electrons. The van der Waals surface area contributed by atoms with Gasteiger partial charge < -0.3 is 0 Å². The molecule has 20 heavy (non-hydrogen) atoms. The van der Waals surface area contributed by atoms with Crippen molar-refractivity contribution in [3.05, 3.63) is 17.0 Å². The lowest BCUT2D eigenvalue weighted by atomic mass is 10.2. The minimum Gasteiger partial charge on any atom is -0.300 e. The number of hydrogen-bond donors (Lipinski definition) is 0. The SMILES string of the molecule is CCN(CC)C1CCN(S(=O)(=O)c2ccc(C#N)s2)C1. The number of likely N-dealkylation sites (N-methyl/N-ethyl adjacent to an activating group) is 1. The van der Waals surface area contributed by atoms with Gasteiger partial charge in [0, 0.05) is 19.1 Å². The molecule has 1 saturated heterocycles. The Bertz CT molecular complexity index is 599. The van der Waals surface area contributed by atoms with Crippen molar-refractivity contribution in [2.24, 2.45) is 0 Å². The lowest BCUT2D eigenvalue weighted by Gasteiger charge is -2.25. The summed E-state index contributed by atoms with van der Waals surface area (Å²) in [5, 5.41) is 8.81. The van der Waals surface area contributed by atoms with Gasteiger partial charge in [-0.25, -0.2) is 8.42 Å². The van der Waals surface area contributed by atoms with Crippen LogP contribution in [-0.2, 0) is 10.0 Å². The summed E-state index contributed by atoms with van der Waals surface area (Å²) in [5.74, 6) is 0. The van der Waals surface area contributed by atoms with Crippen LogP contribution in [0.3, 0.4) is 0 Å². The second-order valence-corrected chi connectivity index (χ2v) is 8.01. The fourth-order valence-electron chi connectivity index (χ4n) is 2.61. The van der Waals surface area contributed by atoms with E-state index in [0.29, 0.717) is 24.0 Å². The molecular weight excluding hydrogens is 294 g/mol. The molecule has 5 nitrogen and oxygen atoms in total. The third-order valence-corrected chi connectivity index (χ3v) is 7.06. The Kier molecular flexibility index (Phi) is 4.81. The molecule has 2 heterocycles. The minimum absolute atomic E-state index is 0.272.